The Morgan fingerprint density at radius 3 is 2.66 bits per heavy atom. The zero-order valence-electron chi connectivity index (χ0n) is 20.7. The van der Waals surface area contributed by atoms with Crippen LogP contribution in [-0.4, -0.2) is 68.6 Å². The lowest BCUT2D eigenvalue weighted by atomic mass is 9.75. The highest BCUT2D eigenvalue weighted by molar-refractivity contribution is 5.93. The molecular weight excluding hydrogens is 442 g/mol. The van der Waals surface area contributed by atoms with E-state index in [4.69, 9.17) is 10.7 Å². The maximum Gasteiger partial charge on any atom is 0.269 e. The van der Waals surface area contributed by atoms with Gasteiger partial charge in [-0.3, -0.25) is 14.5 Å². The first-order valence-electron chi connectivity index (χ1n) is 12.5. The van der Waals surface area contributed by atoms with Gasteiger partial charge >= 0.3 is 0 Å². The van der Waals surface area contributed by atoms with E-state index in [9.17, 15) is 14.7 Å². The minimum absolute atomic E-state index is 0.304. The van der Waals surface area contributed by atoms with E-state index >= 15 is 0 Å². The summed E-state index contributed by atoms with van der Waals surface area (Å²) in [5.74, 6) is 6.02. The van der Waals surface area contributed by atoms with Crippen molar-refractivity contribution in [3.63, 3.8) is 0 Å². The third-order valence-electron chi connectivity index (χ3n) is 7.72. The van der Waals surface area contributed by atoms with Crippen LogP contribution in [0.2, 0.25) is 0 Å². The normalized spacial score (nSPS) is 22.1. The van der Waals surface area contributed by atoms with E-state index in [1.807, 2.05) is 19.1 Å². The summed E-state index contributed by atoms with van der Waals surface area (Å²) < 4.78 is 2.24. The van der Waals surface area contributed by atoms with E-state index in [1.54, 1.807) is 7.05 Å². The molecule has 1 aliphatic carbocycles. The van der Waals surface area contributed by atoms with Crippen LogP contribution in [0.3, 0.4) is 0 Å². The van der Waals surface area contributed by atoms with Gasteiger partial charge in [-0.15, -0.1) is 0 Å². The van der Waals surface area contributed by atoms with Gasteiger partial charge in [0.05, 0.1) is 5.69 Å². The fourth-order valence-electron chi connectivity index (χ4n) is 5.55. The van der Waals surface area contributed by atoms with Gasteiger partial charge in [0.25, 0.3) is 11.8 Å². The van der Waals surface area contributed by atoms with E-state index in [0.717, 1.165) is 43.0 Å². The summed E-state index contributed by atoms with van der Waals surface area (Å²) in [4.78, 5) is 33.5. The van der Waals surface area contributed by atoms with E-state index in [1.165, 1.54) is 30.2 Å². The van der Waals surface area contributed by atoms with Crippen molar-refractivity contribution >= 4 is 11.8 Å². The first-order chi connectivity index (χ1) is 16.7. The second-order valence-electron chi connectivity index (χ2n) is 10.2. The summed E-state index contributed by atoms with van der Waals surface area (Å²) in [5.41, 5.74) is 8.12. The van der Waals surface area contributed by atoms with Crippen LogP contribution in [0.5, 0.6) is 0 Å². The highest BCUT2D eigenvalue weighted by atomic mass is 16.3. The molecule has 6 rings (SSSR count). The van der Waals surface area contributed by atoms with Crippen molar-refractivity contribution in [2.24, 2.45) is 5.73 Å². The van der Waals surface area contributed by atoms with Gasteiger partial charge in [0.15, 0.2) is 5.69 Å². The van der Waals surface area contributed by atoms with E-state index in [-0.39, 0.29) is 0 Å². The maximum atomic E-state index is 12.5. The van der Waals surface area contributed by atoms with Crippen molar-refractivity contribution in [3.05, 3.63) is 40.7 Å². The quantitative estimate of drug-likeness (QED) is 0.646. The molecule has 1 aromatic carbocycles. The van der Waals surface area contributed by atoms with Gasteiger partial charge in [-0.2, -0.15) is 0 Å². The van der Waals surface area contributed by atoms with Crippen LogP contribution in [0.4, 0.5) is 0 Å². The van der Waals surface area contributed by atoms with Crippen molar-refractivity contribution in [2.45, 2.75) is 63.6 Å². The van der Waals surface area contributed by atoms with Crippen molar-refractivity contribution in [1.29, 1.82) is 0 Å². The molecule has 4 aliphatic rings. The number of amides is 2. The molecule has 0 spiro atoms. The molecule has 35 heavy (non-hydrogen) atoms. The first kappa shape index (κ1) is 23.6. The molecule has 0 radical (unpaired) electrons. The van der Waals surface area contributed by atoms with Gasteiger partial charge in [-0.1, -0.05) is 17.9 Å². The van der Waals surface area contributed by atoms with Crippen LogP contribution in [0.1, 0.15) is 78.8 Å². The molecule has 8 nitrogen and oxygen atoms in total. The van der Waals surface area contributed by atoms with Gasteiger partial charge in [0.2, 0.25) is 5.60 Å². The molecule has 1 saturated carbocycles. The molecule has 2 bridgehead atoms. The number of nitrogens with zero attached hydrogens (tertiary/aromatic N) is 4. The van der Waals surface area contributed by atoms with Gasteiger partial charge in [-0.25, -0.2) is 4.98 Å². The Labute approximate surface area is 206 Å². The molecule has 184 valence electrons. The topological polar surface area (TPSA) is 105 Å². The predicted octanol–water partition coefficient (Wildman–Crippen LogP) is 2.26. The number of likely N-dealkylation sites (N-methyl/N-ethyl adjacent to an activating group) is 1. The van der Waals surface area contributed by atoms with E-state index in [2.05, 4.69) is 27.4 Å². The minimum atomic E-state index is -1.78. The lowest BCUT2D eigenvalue weighted by Gasteiger charge is -2.36. The smallest absolute Gasteiger partial charge is 0.269 e. The summed E-state index contributed by atoms with van der Waals surface area (Å²) in [7, 11) is 1.64. The van der Waals surface area contributed by atoms with Gasteiger partial charge < -0.3 is 20.3 Å². The summed E-state index contributed by atoms with van der Waals surface area (Å²) in [6.07, 6.45) is 4.37. The molecule has 1 atom stereocenters. The number of likely N-dealkylation sites (tertiary alicyclic amines) is 1. The van der Waals surface area contributed by atoms with Crippen molar-refractivity contribution in [1.82, 2.24) is 19.4 Å². The highest BCUT2D eigenvalue weighted by Crippen LogP contribution is 2.53. The molecule has 8 heteroatoms. The second kappa shape index (κ2) is 8.81. The molecule has 4 heterocycles. The number of hydrogen-bond acceptors (Lipinski definition) is 5. The van der Waals surface area contributed by atoms with Gasteiger partial charge in [-0.05, 0) is 76.2 Å². The molecule has 1 unspecified atom stereocenters. The van der Waals surface area contributed by atoms with Crippen LogP contribution in [0, 0.1) is 11.8 Å². The number of aliphatic hydroxyl groups is 1. The van der Waals surface area contributed by atoms with E-state index in [0.29, 0.717) is 36.3 Å². The lowest BCUT2D eigenvalue weighted by Crippen LogP contribution is -2.44. The summed E-state index contributed by atoms with van der Waals surface area (Å²) in [6, 6.07) is 6.28. The van der Waals surface area contributed by atoms with Crippen molar-refractivity contribution < 1.29 is 14.7 Å². The standard InChI is InChI=1S/C27H33N5O3/c1-4-30(3)26(34)27(2,35)10-9-17-7-8-20-18-14-19(15-18)32-22(16-31-11-5-6-12-31)23(24(28)33)29-25(32)21(20)13-17/h7-8,13,18-19,35H,4-6,11-12,14-16H2,1-3H3,(H2,28,33). The van der Waals surface area contributed by atoms with Crippen LogP contribution in [0.25, 0.3) is 11.4 Å². The third kappa shape index (κ3) is 4.13. The number of imidazole rings is 1. The Morgan fingerprint density at radius 1 is 1.29 bits per heavy atom. The largest absolute Gasteiger partial charge is 0.370 e. The molecule has 3 aliphatic heterocycles. The lowest BCUT2D eigenvalue weighted by molar-refractivity contribution is -0.142. The highest BCUT2D eigenvalue weighted by Gasteiger charge is 2.41. The SMILES string of the molecule is CCN(C)C(=O)C(C)(O)C#Cc1ccc2c(c1)-c1nc(C(N)=O)c(CN3CCCC3)n1C1CC2C1. The number of carbonyl (C=O) groups excluding carboxylic acids is 2. The third-order valence-corrected chi connectivity index (χ3v) is 7.72. The minimum Gasteiger partial charge on any atom is -0.370 e. The second-order valence-corrected chi connectivity index (χ2v) is 10.2. The number of nitrogens with two attached hydrogens (primary N) is 1. The summed E-state index contributed by atoms with van der Waals surface area (Å²) in [5, 5.41) is 10.6. The van der Waals surface area contributed by atoms with Crippen LogP contribution < -0.4 is 5.73 Å². The molecule has 2 amide bonds. The first-order valence-corrected chi connectivity index (χ1v) is 12.5. The van der Waals surface area contributed by atoms with Crippen molar-refractivity contribution in [3.8, 4) is 23.2 Å². The van der Waals surface area contributed by atoms with Gasteiger partial charge in [0, 0.05) is 37.3 Å². The summed E-state index contributed by atoms with van der Waals surface area (Å²) >= 11 is 0. The molecular formula is C27H33N5O3. The molecule has 1 saturated heterocycles. The van der Waals surface area contributed by atoms with Gasteiger partial charge in [0.1, 0.15) is 5.82 Å². The van der Waals surface area contributed by atoms with Crippen molar-refractivity contribution in [2.75, 3.05) is 26.7 Å². The fourth-order valence-corrected chi connectivity index (χ4v) is 5.55. The van der Waals surface area contributed by atoms with E-state index < -0.39 is 17.4 Å². The van der Waals surface area contributed by atoms with Crippen LogP contribution in [0.15, 0.2) is 18.2 Å². The number of aromatic nitrogens is 2. The Balaban J connectivity index is 1.56. The zero-order valence-corrected chi connectivity index (χ0v) is 20.7. The van der Waals surface area contributed by atoms with Crippen LogP contribution in [-0.2, 0) is 11.3 Å². The maximum absolute atomic E-state index is 12.5. The molecule has 2 fully saturated rings. The predicted molar refractivity (Wildman–Crippen MR) is 133 cm³/mol. The number of benzene rings is 1. The Morgan fingerprint density at radius 2 is 2.00 bits per heavy atom. The number of rotatable bonds is 5. The number of primary amides is 1. The zero-order chi connectivity index (χ0) is 24.9. The monoisotopic (exact) mass is 475 g/mol. The average molecular weight is 476 g/mol. The molecule has 3 N–H and O–H groups in total. The number of hydrogen-bond donors (Lipinski definition) is 2. The molecule has 2 aromatic rings. The van der Waals surface area contributed by atoms with Crippen LogP contribution >= 0.6 is 0 Å². The fraction of sp³-hybridized carbons (Fsp3) is 0.519. The Hall–Kier alpha value is -3.15. The summed E-state index contributed by atoms with van der Waals surface area (Å²) in [6.45, 7) is 6.48. The average Bonchev–Trinajstić information content (AvgIpc) is 3.40. The molecule has 1 aromatic heterocycles. The Bertz CT molecular complexity index is 1240. The Kier molecular flexibility index (Phi) is 5.94. The number of carbonyl (C=O) groups is 2.